The summed E-state index contributed by atoms with van der Waals surface area (Å²) in [7, 11) is 0. The van der Waals surface area contributed by atoms with Gasteiger partial charge in [0.1, 0.15) is 6.04 Å². The number of nitrogens with two attached hydrogens (primary N) is 1. The Morgan fingerprint density at radius 3 is 2.81 bits per heavy atom. The second-order valence-corrected chi connectivity index (χ2v) is 6.70. The fourth-order valence-electron chi connectivity index (χ4n) is 3.51. The van der Waals surface area contributed by atoms with Crippen molar-refractivity contribution in [3.05, 3.63) is 18.3 Å². The van der Waals surface area contributed by atoms with Gasteiger partial charge in [0.25, 0.3) is 0 Å². The van der Waals surface area contributed by atoms with E-state index in [0.717, 1.165) is 19.4 Å². The number of aromatic hydroxyl groups is 1. The minimum absolute atomic E-state index is 0.0480. The molecule has 1 aromatic rings. The van der Waals surface area contributed by atoms with Crippen molar-refractivity contribution >= 4 is 23.5 Å². The van der Waals surface area contributed by atoms with Gasteiger partial charge in [0.15, 0.2) is 11.6 Å². The van der Waals surface area contributed by atoms with E-state index in [0.29, 0.717) is 6.42 Å². The highest BCUT2D eigenvalue weighted by molar-refractivity contribution is 5.96. The molecule has 2 fully saturated rings. The molecule has 3 amide bonds. The van der Waals surface area contributed by atoms with Gasteiger partial charge in [0.2, 0.25) is 17.7 Å². The highest BCUT2D eigenvalue weighted by atomic mass is 16.3. The van der Waals surface area contributed by atoms with Crippen molar-refractivity contribution in [1.29, 1.82) is 0 Å². The molecule has 2 aliphatic rings. The Morgan fingerprint density at radius 2 is 2.15 bits per heavy atom. The van der Waals surface area contributed by atoms with E-state index in [2.05, 4.69) is 15.6 Å². The summed E-state index contributed by atoms with van der Waals surface area (Å²) >= 11 is 0. The normalized spacial score (nSPS) is 25.7. The Bertz CT molecular complexity index is 704. The van der Waals surface area contributed by atoms with Gasteiger partial charge in [-0.15, -0.1) is 0 Å². The SMILES string of the molecule is NC(=O)C1CC(C(=O)Nc2ncccc2O)CN1C(=O)[C@@H]1CCCCN1. The molecule has 0 bridgehead atoms. The van der Waals surface area contributed by atoms with Crippen LogP contribution in [0.2, 0.25) is 0 Å². The molecule has 2 aliphatic heterocycles. The molecular formula is C17H23N5O4. The Hall–Kier alpha value is -2.68. The molecule has 0 aromatic carbocycles. The van der Waals surface area contributed by atoms with Crippen LogP contribution in [0.25, 0.3) is 0 Å². The number of hydrogen-bond acceptors (Lipinski definition) is 6. The van der Waals surface area contributed by atoms with Gasteiger partial charge in [0, 0.05) is 12.7 Å². The van der Waals surface area contributed by atoms with E-state index in [9.17, 15) is 19.5 Å². The highest BCUT2D eigenvalue weighted by Gasteiger charge is 2.43. The Balaban J connectivity index is 1.70. The topological polar surface area (TPSA) is 138 Å². The zero-order valence-electron chi connectivity index (χ0n) is 14.4. The van der Waals surface area contributed by atoms with Crippen molar-refractivity contribution in [2.24, 2.45) is 11.7 Å². The average Bonchev–Trinajstić information content (AvgIpc) is 3.09. The predicted molar refractivity (Wildman–Crippen MR) is 93.0 cm³/mol. The quantitative estimate of drug-likeness (QED) is 0.574. The minimum Gasteiger partial charge on any atom is -0.504 e. The van der Waals surface area contributed by atoms with Crippen LogP contribution in [0.1, 0.15) is 25.7 Å². The van der Waals surface area contributed by atoms with Gasteiger partial charge in [-0.25, -0.2) is 4.98 Å². The van der Waals surface area contributed by atoms with Crippen LogP contribution in [0.4, 0.5) is 5.82 Å². The molecule has 26 heavy (non-hydrogen) atoms. The van der Waals surface area contributed by atoms with Crippen molar-refractivity contribution in [3.63, 3.8) is 0 Å². The number of carbonyl (C=O) groups excluding carboxylic acids is 3. The summed E-state index contributed by atoms with van der Waals surface area (Å²) in [6, 6.07) is 1.81. The number of carbonyl (C=O) groups is 3. The first-order valence-corrected chi connectivity index (χ1v) is 8.75. The number of piperidine rings is 1. The molecule has 3 atom stereocenters. The van der Waals surface area contributed by atoms with Gasteiger partial charge >= 0.3 is 0 Å². The zero-order chi connectivity index (χ0) is 18.7. The van der Waals surface area contributed by atoms with Crippen LogP contribution >= 0.6 is 0 Å². The van der Waals surface area contributed by atoms with Gasteiger partial charge in [0.05, 0.1) is 12.0 Å². The molecule has 3 heterocycles. The van der Waals surface area contributed by atoms with Crippen LogP contribution in [0.3, 0.4) is 0 Å². The molecule has 140 valence electrons. The smallest absolute Gasteiger partial charge is 0.240 e. The maximum atomic E-state index is 12.8. The fourth-order valence-corrected chi connectivity index (χ4v) is 3.51. The molecule has 9 nitrogen and oxygen atoms in total. The van der Waals surface area contributed by atoms with Crippen LogP contribution in [-0.2, 0) is 14.4 Å². The van der Waals surface area contributed by atoms with E-state index in [1.165, 1.54) is 17.2 Å². The van der Waals surface area contributed by atoms with E-state index >= 15 is 0 Å². The highest BCUT2D eigenvalue weighted by Crippen LogP contribution is 2.27. The van der Waals surface area contributed by atoms with Crippen LogP contribution in [0, 0.1) is 5.92 Å². The van der Waals surface area contributed by atoms with Crippen LogP contribution in [0.5, 0.6) is 5.75 Å². The van der Waals surface area contributed by atoms with Crippen molar-refractivity contribution < 1.29 is 19.5 Å². The first kappa shape index (κ1) is 18.1. The maximum Gasteiger partial charge on any atom is 0.240 e. The third-order valence-electron chi connectivity index (χ3n) is 4.92. The number of hydrogen-bond donors (Lipinski definition) is 4. The third-order valence-corrected chi connectivity index (χ3v) is 4.92. The number of nitrogens with zero attached hydrogens (tertiary/aromatic N) is 2. The first-order valence-electron chi connectivity index (χ1n) is 8.75. The molecule has 2 unspecified atom stereocenters. The van der Waals surface area contributed by atoms with E-state index in [1.807, 2.05) is 0 Å². The van der Waals surface area contributed by atoms with E-state index in [1.54, 1.807) is 6.07 Å². The second-order valence-electron chi connectivity index (χ2n) is 6.70. The number of anilines is 1. The lowest BCUT2D eigenvalue weighted by atomic mass is 10.0. The molecule has 0 saturated carbocycles. The lowest BCUT2D eigenvalue weighted by Gasteiger charge is -2.30. The van der Waals surface area contributed by atoms with Gasteiger partial charge < -0.3 is 26.4 Å². The third kappa shape index (κ3) is 3.77. The standard InChI is InChI=1S/C17H23N5O4/c18-14(24)12-8-10(16(25)21-15-13(23)5-3-7-20-15)9-22(12)17(26)11-4-1-2-6-19-11/h3,5,7,10-12,19,23H,1-2,4,6,8-9H2,(H2,18,24)(H,20,21,25)/t10?,11-,12?/m0/s1. The van der Waals surface area contributed by atoms with Gasteiger partial charge in [-0.05, 0) is 37.9 Å². The van der Waals surface area contributed by atoms with Crippen molar-refractivity contribution in [3.8, 4) is 5.75 Å². The Morgan fingerprint density at radius 1 is 1.35 bits per heavy atom. The molecule has 3 rings (SSSR count). The van der Waals surface area contributed by atoms with Gasteiger partial charge in [-0.3, -0.25) is 14.4 Å². The van der Waals surface area contributed by atoms with Crippen LogP contribution < -0.4 is 16.4 Å². The number of pyridine rings is 1. The number of rotatable bonds is 4. The molecule has 2 saturated heterocycles. The summed E-state index contributed by atoms with van der Waals surface area (Å²) in [5, 5.41) is 15.4. The number of nitrogens with one attached hydrogen (secondary N) is 2. The summed E-state index contributed by atoms with van der Waals surface area (Å²) in [5.74, 6) is -1.91. The summed E-state index contributed by atoms with van der Waals surface area (Å²) in [5.41, 5.74) is 5.46. The van der Waals surface area contributed by atoms with E-state index < -0.39 is 23.8 Å². The van der Waals surface area contributed by atoms with Crippen molar-refractivity contribution in [2.45, 2.75) is 37.8 Å². The number of primary amides is 1. The maximum absolute atomic E-state index is 12.8. The Kier molecular flexibility index (Phi) is 5.36. The van der Waals surface area contributed by atoms with Gasteiger partial charge in [-0.1, -0.05) is 6.42 Å². The predicted octanol–water partition coefficient (Wildman–Crippen LogP) is -0.430. The molecule has 5 N–H and O–H groups in total. The minimum atomic E-state index is -0.806. The molecular weight excluding hydrogens is 338 g/mol. The van der Waals surface area contributed by atoms with Crippen LogP contribution in [-0.4, -0.2) is 57.9 Å². The number of amides is 3. The molecule has 9 heteroatoms. The summed E-state index contributed by atoms with van der Waals surface area (Å²) in [6.07, 6.45) is 4.27. The monoisotopic (exact) mass is 361 g/mol. The fraction of sp³-hybridized carbons (Fsp3) is 0.529. The lowest BCUT2D eigenvalue weighted by molar-refractivity contribution is -0.139. The van der Waals surface area contributed by atoms with Gasteiger partial charge in [-0.2, -0.15) is 0 Å². The average molecular weight is 361 g/mol. The van der Waals surface area contributed by atoms with E-state index in [-0.39, 0.29) is 36.5 Å². The largest absolute Gasteiger partial charge is 0.504 e. The summed E-state index contributed by atoms with van der Waals surface area (Å²) in [6.45, 7) is 0.873. The van der Waals surface area contributed by atoms with Crippen molar-refractivity contribution in [1.82, 2.24) is 15.2 Å². The first-order chi connectivity index (χ1) is 12.5. The van der Waals surface area contributed by atoms with Crippen LogP contribution in [0.15, 0.2) is 18.3 Å². The molecule has 1 aromatic heterocycles. The number of aromatic nitrogens is 1. The van der Waals surface area contributed by atoms with E-state index in [4.69, 9.17) is 5.73 Å². The molecule has 0 radical (unpaired) electrons. The summed E-state index contributed by atoms with van der Waals surface area (Å²) < 4.78 is 0. The molecule has 0 aliphatic carbocycles. The lowest BCUT2D eigenvalue weighted by Crippen LogP contribution is -2.52. The number of likely N-dealkylation sites (tertiary alicyclic amines) is 1. The zero-order valence-corrected chi connectivity index (χ0v) is 14.4. The second kappa shape index (κ2) is 7.69. The summed E-state index contributed by atoms with van der Waals surface area (Å²) in [4.78, 5) is 42.4. The molecule has 0 spiro atoms. The Labute approximate surface area is 150 Å². The van der Waals surface area contributed by atoms with Crippen molar-refractivity contribution in [2.75, 3.05) is 18.4 Å².